The van der Waals surface area contributed by atoms with Crippen LogP contribution in [0.2, 0.25) is 10.0 Å². The van der Waals surface area contributed by atoms with Crippen LogP contribution in [0.25, 0.3) is 27.8 Å². The third kappa shape index (κ3) is 3.58. The van der Waals surface area contributed by atoms with Crippen molar-refractivity contribution in [3.63, 3.8) is 0 Å². The molecule has 0 atom stereocenters. The van der Waals surface area contributed by atoms with Crippen molar-refractivity contribution in [3.05, 3.63) is 88.4 Å². The zero-order valence-electron chi connectivity index (χ0n) is 15.9. The van der Waals surface area contributed by atoms with E-state index in [1.807, 2.05) is 72.8 Å². The minimum absolute atomic E-state index is 0.649. The van der Waals surface area contributed by atoms with Gasteiger partial charge < -0.3 is 5.32 Å². The zero-order chi connectivity index (χ0) is 20.5. The number of benzene rings is 3. The topological polar surface area (TPSA) is 55.1 Å². The molecular formula is C23H17Cl2N5. The smallest absolute Gasteiger partial charge is 0.186 e. The average Bonchev–Trinajstić information content (AvgIpc) is 3.19. The maximum Gasteiger partial charge on any atom is 0.186 e. The quantitative estimate of drug-likeness (QED) is 0.374. The van der Waals surface area contributed by atoms with E-state index in [1.54, 1.807) is 4.52 Å². The zero-order valence-corrected chi connectivity index (χ0v) is 17.4. The molecule has 0 bridgehead atoms. The fraction of sp³-hybridized carbons (Fsp3) is 0.0870. The van der Waals surface area contributed by atoms with Crippen LogP contribution in [0, 0.1) is 0 Å². The molecule has 0 radical (unpaired) electrons. The summed E-state index contributed by atoms with van der Waals surface area (Å²) in [4.78, 5) is 4.88. The second-order valence-electron chi connectivity index (χ2n) is 6.96. The Labute approximate surface area is 183 Å². The maximum atomic E-state index is 6.18. The number of nitrogens with one attached hydrogen (secondary N) is 1. The molecule has 148 valence electrons. The van der Waals surface area contributed by atoms with Gasteiger partial charge in [-0.3, -0.25) is 0 Å². The van der Waals surface area contributed by atoms with Crippen LogP contribution < -0.4 is 5.32 Å². The Balaban J connectivity index is 1.54. The van der Waals surface area contributed by atoms with Crippen LogP contribution in [0.3, 0.4) is 0 Å². The fourth-order valence-electron chi connectivity index (χ4n) is 3.50. The summed E-state index contributed by atoms with van der Waals surface area (Å²) >= 11 is 12.2. The molecule has 1 N–H and O–H groups in total. The number of rotatable bonds is 5. The fourth-order valence-corrected chi connectivity index (χ4v) is 3.81. The molecule has 0 aliphatic rings. The van der Waals surface area contributed by atoms with Crippen LogP contribution in [0.5, 0.6) is 0 Å². The lowest BCUT2D eigenvalue weighted by Gasteiger charge is -2.10. The molecule has 0 saturated carbocycles. The summed E-state index contributed by atoms with van der Waals surface area (Å²) in [5.41, 5.74) is 4.42. The Morgan fingerprint density at radius 3 is 2.53 bits per heavy atom. The molecule has 0 fully saturated rings. The molecule has 0 amide bonds. The number of hydrogen-bond acceptors (Lipinski definition) is 4. The molecule has 30 heavy (non-hydrogen) atoms. The second-order valence-corrected chi connectivity index (χ2v) is 7.84. The van der Waals surface area contributed by atoms with Crippen LogP contribution in [0.1, 0.15) is 5.56 Å². The highest BCUT2D eigenvalue weighted by molar-refractivity contribution is 6.31. The van der Waals surface area contributed by atoms with Gasteiger partial charge in [-0.2, -0.15) is 4.52 Å². The monoisotopic (exact) mass is 433 g/mol. The number of anilines is 1. The Bertz CT molecular complexity index is 1350. The molecule has 0 aliphatic carbocycles. The summed E-state index contributed by atoms with van der Waals surface area (Å²) in [6.07, 6.45) is 0.858. The minimum atomic E-state index is 0.649. The Kier molecular flexibility index (Phi) is 4.99. The number of aromatic nitrogens is 4. The third-order valence-corrected chi connectivity index (χ3v) is 5.46. The first-order valence-corrected chi connectivity index (χ1v) is 10.3. The SMILES string of the molecule is Clc1ccc(CCNc2nc3c(-c4cccc(Cl)c4)nnn3c3ccccc23)cc1. The summed E-state index contributed by atoms with van der Waals surface area (Å²) in [6, 6.07) is 23.5. The standard InChI is InChI=1S/C23H17Cl2N5/c24-17-10-8-15(9-11-17)12-13-26-22-19-6-1-2-7-20(19)30-23(27-22)21(28-29-30)16-4-3-5-18(25)14-16/h1-11,14H,12-13H2,(H,26,27). The highest BCUT2D eigenvalue weighted by Crippen LogP contribution is 2.29. The molecule has 7 heteroatoms. The molecule has 5 aromatic rings. The van der Waals surface area contributed by atoms with Crippen LogP contribution >= 0.6 is 23.2 Å². The second kappa shape index (κ2) is 7.94. The van der Waals surface area contributed by atoms with Crippen molar-refractivity contribution in [2.24, 2.45) is 0 Å². The first kappa shape index (κ1) is 18.9. The number of halogens is 2. The van der Waals surface area contributed by atoms with Gasteiger partial charge in [0.25, 0.3) is 0 Å². The highest BCUT2D eigenvalue weighted by atomic mass is 35.5. The van der Waals surface area contributed by atoms with Gasteiger partial charge in [-0.25, -0.2) is 4.98 Å². The molecule has 0 aliphatic heterocycles. The number of para-hydroxylation sites is 1. The average molecular weight is 434 g/mol. The van der Waals surface area contributed by atoms with E-state index < -0.39 is 0 Å². The summed E-state index contributed by atoms with van der Waals surface area (Å²) in [5, 5.41) is 14.6. The molecule has 2 aromatic heterocycles. The van der Waals surface area contributed by atoms with Crippen molar-refractivity contribution in [2.45, 2.75) is 6.42 Å². The molecular weight excluding hydrogens is 417 g/mol. The lowest BCUT2D eigenvalue weighted by Crippen LogP contribution is -2.08. The number of fused-ring (bicyclic) bond motifs is 3. The molecule has 0 saturated heterocycles. The third-order valence-electron chi connectivity index (χ3n) is 4.97. The van der Waals surface area contributed by atoms with Gasteiger partial charge in [-0.15, -0.1) is 5.10 Å². The van der Waals surface area contributed by atoms with Crippen LogP contribution in [-0.2, 0) is 6.42 Å². The van der Waals surface area contributed by atoms with Gasteiger partial charge in [-0.05, 0) is 48.4 Å². The van der Waals surface area contributed by atoms with Gasteiger partial charge in [0.15, 0.2) is 5.65 Å². The van der Waals surface area contributed by atoms with E-state index in [2.05, 4.69) is 15.6 Å². The molecule has 0 unspecified atom stereocenters. The van der Waals surface area contributed by atoms with Crippen molar-refractivity contribution in [3.8, 4) is 11.3 Å². The van der Waals surface area contributed by atoms with Gasteiger partial charge in [0.2, 0.25) is 0 Å². The lowest BCUT2D eigenvalue weighted by atomic mass is 10.1. The predicted molar refractivity (Wildman–Crippen MR) is 122 cm³/mol. The van der Waals surface area contributed by atoms with Gasteiger partial charge >= 0.3 is 0 Å². The van der Waals surface area contributed by atoms with Crippen molar-refractivity contribution in [2.75, 3.05) is 11.9 Å². The van der Waals surface area contributed by atoms with Crippen molar-refractivity contribution < 1.29 is 0 Å². The van der Waals surface area contributed by atoms with E-state index in [-0.39, 0.29) is 0 Å². The van der Waals surface area contributed by atoms with E-state index in [1.165, 1.54) is 5.56 Å². The van der Waals surface area contributed by atoms with Crippen molar-refractivity contribution in [1.82, 2.24) is 19.8 Å². The summed E-state index contributed by atoms with van der Waals surface area (Å²) < 4.78 is 1.77. The van der Waals surface area contributed by atoms with Gasteiger partial charge in [-0.1, -0.05) is 64.8 Å². The first-order chi connectivity index (χ1) is 14.7. The van der Waals surface area contributed by atoms with Gasteiger partial charge in [0, 0.05) is 27.5 Å². The summed E-state index contributed by atoms with van der Waals surface area (Å²) in [5.74, 6) is 0.803. The number of hydrogen-bond donors (Lipinski definition) is 1. The van der Waals surface area contributed by atoms with E-state index in [0.29, 0.717) is 16.4 Å². The van der Waals surface area contributed by atoms with Crippen molar-refractivity contribution >= 4 is 45.6 Å². The minimum Gasteiger partial charge on any atom is -0.369 e. The highest BCUT2D eigenvalue weighted by Gasteiger charge is 2.15. The van der Waals surface area contributed by atoms with E-state index in [9.17, 15) is 0 Å². The molecule has 3 aromatic carbocycles. The summed E-state index contributed by atoms with van der Waals surface area (Å²) in [6.45, 7) is 0.739. The largest absolute Gasteiger partial charge is 0.369 e. The van der Waals surface area contributed by atoms with Crippen LogP contribution in [-0.4, -0.2) is 26.4 Å². The molecule has 2 heterocycles. The van der Waals surface area contributed by atoms with Crippen molar-refractivity contribution in [1.29, 1.82) is 0 Å². The number of nitrogens with zero attached hydrogens (tertiary/aromatic N) is 4. The van der Waals surface area contributed by atoms with Gasteiger partial charge in [0.05, 0.1) is 5.52 Å². The van der Waals surface area contributed by atoms with E-state index >= 15 is 0 Å². The van der Waals surface area contributed by atoms with Crippen LogP contribution in [0.4, 0.5) is 5.82 Å². The first-order valence-electron chi connectivity index (χ1n) is 9.57. The van der Waals surface area contributed by atoms with E-state index in [0.717, 1.165) is 40.3 Å². The Hall–Kier alpha value is -3.15. The Morgan fingerprint density at radius 2 is 1.70 bits per heavy atom. The van der Waals surface area contributed by atoms with Crippen LogP contribution in [0.15, 0.2) is 72.8 Å². The normalized spacial score (nSPS) is 11.3. The maximum absolute atomic E-state index is 6.18. The van der Waals surface area contributed by atoms with E-state index in [4.69, 9.17) is 28.2 Å². The summed E-state index contributed by atoms with van der Waals surface area (Å²) in [7, 11) is 0. The molecule has 5 rings (SSSR count). The Morgan fingerprint density at radius 1 is 0.867 bits per heavy atom. The van der Waals surface area contributed by atoms with Gasteiger partial charge in [0.1, 0.15) is 11.5 Å². The molecule has 5 nitrogen and oxygen atoms in total. The lowest BCUT2D eigenvalue weighted by molar-refractivity contribution is 0.876. The predicted octanol–water partition coefficient (Wildman–Crippen LogP) is 5.91. The molecule has 0 spiro atoms.